The zero-order valence-electron chi connectivity index (χ0n) is 15.0. The van der Waals surface area contributed by atoms with E-state index in [0.29, 0.717) is 16.4 Å². The second kappa shape index (κ2) is 8.28. The number of ether oxygens (including phenoxy) is 1. The van der Waals surface area contributed by atoms with Crippen LogP contribution in [0.5, 0.6) is 11.5 Å². The fourth-order valence-electron chi connectivity index (χ4n) is 2.61. The molecule has 7 nitrogen and oxygen atoms in total. The van der Waals surface area contributed by atoms with Crippen LogP contribution in [-0.4, -0.2) is 28.3 Å². The number of benzene rings is 2. The zero-order chi connectivity index (χ0) is 20.3. The molecule has 8 heteroatoms. The van der Waals surface area contributed by atoms with Crippen molar-refractivity contribution in [1.29, 1.82) is 0 Å². The number of amides is 2. The summed E-state index contributed by atoms with van der Waals surface area (Å²) in [6.45, 7) is 1.88. The van der Waals surface area contributed by atoms with Crippen LogP contribution in [0.2, 0.25) is 0 Å². The number of carbonyl (C=O) groups is 3. The van der Waals surface area contributed by atoms with Gasteiger partial charge in [-0.15, -0.1) is 0 Å². The van der Waals surface area contributed by atoms with Crippen molar-refractivity contribution in [3.8, 4) is 11.5 Å². The lowest BCUT2D eigenvalue weighted by molar-refractivity contribution is -0.138. The number of imide groups is 1. The van der Waals surface area contributed by atoms with E-state index in [1.54, 1.807) is 42.5 Å². The van der Waals surface area contributed by atoms with Crippen LogP contribution >= 0.6 is 11.8 Å². The van der Waals surface area contributed by atoms with Gasteiger partial charge in [-0.3, -0.25) is 19.7 Å². The summed E-state index contributed by atoms with van der Waals surface area (Å²) in [4.78, 5) is 34.0. The molecule has 1 unspecified atom stereocenters. The minimum atomic E-state index is -1.04. The highest BCUT2D eigenvalue weighted by Gasteiger charge is 2.24. The van der Waals surface area contributed by atoms with Gasteiger partial charge in [-0.2, -0.15) is 0 Å². The van der Waals surface area contributed by atoms with Gasteiger partial charge in [0.15, 0.2) is 0 Å². The molecule has 0 spiro atoms. The average Bonchev–Trinajstić information content (AvgIpc) is 2.96. The Kier molecular flexibility index (Phi) is 5.81. The molecule has 1 heterocycles. The number of aryl methyl sites for hydroxylation is 1. The first-order valence-corrected chi connectivity index (χ1v) is 9.24. The van der Waals surface area contributed by atoms with Gasteiger partial charge in [-0.05, 0) is 72.1 Å². The Morgan fingerprint density at radius 1 is 1.25 bits per heavy atom. The topological polar surface area (TPSA) is 119 Å². The smallest absolute Gasteiger partial charge is 0.320 e. The Balaban J connectivity index is 1.70. The van der Waals surface area contributed by atoms with Gasteiger partial charge in [-0.1, -0.05) is 18.2 Å². The second-order valence-corrected chi connectivity index (χ2v) is 7.29. The molecular weight excluding hydrogens is 380 g/mol. The third-order valence-electron chi connectivity index (χ3n) is 4.06. The number of hydrogen-bond acceptors (Lipinski definition) is 6. The van der Waals surface area contributed by atoms with Gasteiger partial charge < -0.3 is 15.6 Å². The van der Waals surface area contributed by atoms with Crippen LogP contribution in [0, 0.1) is 6.92 Å². The summed E-state index contributed by atoms with van der Waals surface area (Å²) in [5.41, 5.74) is 8.00. The van der Waals surface area contributed by atoms with Crippen molar-refractivity contribution in [3.63, 3.8) is 0 Å². The molecule has 0 aliphatic carbocycles. The van der Waals surface area contributed by atoms with Crippen molar-refractivity contribution in [3.05, 3.63) is 64.1 Å². The quantitative estimate of drug-likeness (QED) is 0.640. The van der Waals surface area contributed by atoms with E-state index in [0.717, 1.165) is 28.5 Å². The van der Waals surface area contributed by atoms with Crippen LogP contribution in [0.15, 0.2) is 47.4 Å². The molecule has 0 aromatic heterocycles. The predicted molar refractivity (Wildman–Crippen MR) is 106 cm³/mol. The lowest BCUT2D eigenvalue weighted by Crippen LogP contribution is -2.32. The normalized spacial score (nSPS) is 16.1. The Morgan fingerprint density at radius 2 is 1.96 bits per heavy atom. The number of carboxylic acids is 1. The first kappa shape index (κ1) is 19.7. The molecule has 144 valence electrons. The minimum absolute atomic E-state index is 0.242. The fourth-order valence-corrected chi connectivity index (χ4v) is 3.29. The zero-order valence-corrected chi connectivity index (χ0v) is 15.8. The third-order valence-corrected chi connectivity index (χ3v) is 4.87. The number of carboxylic acid groups (broad SMARTS) is 1. The van der Waals surface area contributed by atoms with Crippen LogP contribution in [0.3, 0.4) is 0 Å². The summed E-state index contributed by atoms with van der Waals surface area (Å²) in [6.07, 6.45) is 1.90. The molecule has 28 heavy (non-hydrogen) atoms. The Labute approximate surface area is 165 Å². The van der Waals surface area contributed by atoms with Crippen molar-refractivity contribution in [1.82, 2.24) is 5.32 Å². The van der Waals surface area contributed by atoms with E-state index in [4.69, 9.17) is 15.6 Å². The van der Waals surface area contributed by atoms with E-state index in [1.807, 2.05) is 13.0 Å². The average molecular weight is 398 g/mol. The predicted octanol–water partition coefficient (Wildman–Crippen LogP) is 3.07. The van der Waals surface area contributed by atoms with Gasteiger partial charge in [0.25, 0.3) is 11.1 Å². The summed E-state index contributed by atoms with van der Waals surface area (Å²) >= 11 is 0.873. The van der Waals surface area contributed by atoms with Crippen LogP contribution in [-0.2, 0) is 16.0 Å². The molecule has 1 aliphatic heterocycles. The molecule has 2 amide bonds. The standard InChI is InChI=1S/C20H18N2O5S/c1-11-8-13(10-17-18(23)22-20(26)28-17)4-7-16(11)27-14-5-2-12(3-6-14)9-15(21)19(24)25/h2-8,10,15H,9,21H2,1H3,(H,24,25)(H,22,23,26)/b17-10+. The van der Waals surface area contributed by atoms with Crippen LogP contribution in [0.25, 0.3) is 6.08 Å². The summed E-state index contributed by atoms with van der Waals surface area (Å²) in [6, 6.07) is 11.6. The van der Waals surface area contributed by atoms with E-state index < -0.39 is 17.9 Å². The van der Waals surface area contributed by atoms with Crippen LogP contribution in [0.1, 0.15) is 16.7 Å². The van der Waals surface area contributed by atoms with E-state index in [-0.39, 0.29) is 11.7 Å². The summed E-state index contributed by atoms with van der Waals surface area (Å²) in [7, 11) is 0. The number of rotatable bonds is 6. The van der Waals surface area contributed by atoms with Gasteiger partial charge in [0.05, 0.1) is 4.91 Å². The maximum Gasteiger partial charge on any atom is 0.320 e. The molecule has 1 saturated heterocycles. The van der Waals surface area contributed by atoms with Gasteiger partial charge in [0.1, 0.15) is 17.5 Å². The molecule has 3 rings (SSSR count). The van der Waals surface area contributed by atoms with E-state index in [2.05, 4.69) is 5.32 Å². The summed E-state index contributed by atoms with van der Waals surface area (Å²) < 4.78 is 5.87. The van der Waals surface area contributed by atoms with E-state index in [9.17, 15) is 14.4 Å². The number of carbonyl (C=O) groups excluding carboxylic acids is 2. The molecule has 2 aromatic carbocycles. The Morgan fingerprint density at radius 3 is 2.54 bits per heavy atom. The Hall–Kier alpha value is -3.10. The molecule has 0 radical (unpaired) electrons. The van der Waals surface area contributed by atoms with E-state index in [1.165, 1.54) is 0 Å². The van der Waals surface area contributed by atoms with E-state index >= 15 is 0 Å². The first-order valence-electron chi connectivity index (χ1n) is 8.42. The van der Waals surface area contributed by atoms with Crippen LogP contribution in [0.4, 0.5) is 4.79 Å². The number of hydrogen-bond donors (Lipinski definition) is 3. The maximum absolute atomic E-state index is 11.6. The van der Waals surface area contributed by atoms with Crippen LogP contribution < -0.4 is 15.8 Å². The minimum Gasteiger partial charge on any atom is -0.480 e. The molecule has 0 bridgehead atoms. The van der Waals surface area contributed by atoms with Crippen molar-refractivity contribution in [2.75, 3.05) is 0 Å². The molecule has 1 fully saturated rings. The van der Waals surface area contributed by atoms with Gasteiger partial charge >= 0.3 is 5.97 Å². The number of aliphatic carboxylic acids is 1. The highest BCUT2D eigenvalue weighted by Crippen LogP contribution is 2.29. The third kappa shape index (κ3) is 4.79. The first-order chi connectivity index (χ1) is 13.3. The SMILES string of the molecule is Cc1cc(/C=C2/SC(=O)NC2=O)ccc1Oc1ccc(CC(N)C(=O)O)cc1. The molecule has 1 aliphatic rings. The highest BCUT2D eigenvalue weighted by molar-refractivity contribution is 8.18. The number of nitrogens with one attached hydrogen (secondary N) is 1. The van der Waals surface area contributed by atoms with Crippen molar-refractivity contribution in [2.24, 2.45) is 5.73 Å². The largest absolute Gasteiger partial charge is 0.480 e. The second-order valence-electron chi connectivity index (χ2n) is 6.27. The van der Waals surface area contributed by atoms with Crippen molar-refractivity contribution >= 4 is 35.0 Å². The van der Waals surface area contributed by atoms with Gasteiger partial charge in [0.2, 0.25) is 0 Å². The highest BCUT2D eigenvalue weighted by atomic mass is 32.2. The van der Waals surface area contributed by atoms with Gasteiger partial charge in [-0.25, -0.2) is 0 Å². The summed E-state index contributed by atoms with van der Waals surface area (Å²) in [5, 5.41) is 10.7. The van der Waals surface area contributed by atoms with Crippen molar-refractivity contribution < 1.29 is 24.2 Å². The van der Waals surface area contributed by atoms with Crippen molar-refractivity contribution in [2.45, 2.75) is 19.4 Å². The molecule has 0 saturated carbocycles. The lowest BCUT2D eigenvalue weighted by atomic mass is 10.1. The maximum atomic E-state index is 11.6. The fraction of sp³-hybridized carbons (Fsp3) is 0.150. The lowest BCUT2D eigenvalue weighted by Gasteiger charge is -2.11. The number of nitrogens with two attached hydrogens (primary N) is 1. The molecule has 4 N–H and O–H groups in total. The molecule has 2 aromatic rings. The Bertz CT molecular complexity index is 969. The number of thioether (sulfide) groups is 1. The summed E-state index contributed by atoms with van der Waals surface area (Å²) in [5.74, 6) is -0.172. The van der Waals surface area contributed by atoms with Gasteiger partial charge in [0, 0.05) is 0 Å². The molecule has 1 atom stereocenters. The monoisotopic (exact) mass is 398 g/mol. The molecular formula is C20H18N2O5S.